The third-order valence-electron chi connectivity index (χ3n) is 4.14. The van der Waals surface area contributed by atoms with Crippen molar-refractivity contribution in [2.24, 2.45) is 0 Å². The van der Waals surface area contributed by atoms with Crippen molar-refractivity contribution in [3.8, 4) is 0 Å². The lowest BCUT2D eigenvalue weighted by Crippen LogP contribution is -2.16. The second-order valence-corrected chi connectivity index (χ2v) is 6.29. The van der Waals surface area contributed by atoms with Crippen molar-refractivity contribution >= 4 is 17.5 Å². The Balaban J connectivity index is 1.53. The molecule has 0 atom stereocenters. The number of carbonyl (C=O) groups excluding carboxylic acids is 1. The van der Waals surface area contributed by atoms with Crippen LogP contribution in [0.5, 0.6) is 0 Å². The predicted molar refractivity (Wildman–Crippen MR) is 104 cm³/mol. The van der Waals surface area contributed by atoms with E-state index in [1.54, 1.807) is 6.07 Å². The Bertz CT molecular complexity index is 873. The zero-order chi connectivity index (χ0) is 18.4. The quantitative estimate of drug-likeness (QED) is 0.711. The van der Waals surface area contributed by atoms with E-state index in [2.05, 4.69) is 52.0 Å². The maximum absolute atomic E-state index is 12.2. The molecule has 0 saturated carbocycles. The summed E-state index contributed by atoms with van der Waals surface area (Å²) in [5.74, 6) is 1.01. The van der Waals surface area contributed by atoms with Crippen LogP contribution >= 0.6 is 0 Å². The van der Waals surface area contributed by atoms with Crippen molar-refractivity contribution in [2.75, 3.05) is 10.6 Å². The zero-order valence-electron chi connectivity index (χ0n) is 15.0. The van der Waals surface area contributed by atoms with Gasteiger partial charge < -0.3 is 10.6 Å². The fourth-order valence-corrected chi connectivity index (χ4v) is 2.56. The van der Waals surface area contributed by atoms with Gasteiger partial charge in [-0.15, -0.1) is 10.2 Å². The van der Waals surface area contributed by atoms with Crippen molar-refractivity contribution in [3.05, 3.63) is 82.9 Å². The minimum atomic E-state index is -0.103. The Kier molecular flexibility index (Phi) is 5.59. The summed E-state index contributed by atoms with van der Waals surface area (Å²) in [7, 11) is 0. The van der Waals surface area contributed by atoms with Crippen LogP contribution in [0.3, 0.4) is 0 Å². The summed E-state index contributed by atoms with van der Waals surface area (Å²) in [4.78, 5) is 12.2. The largest absolute Gasteiger partial charge is 0.365 e. The first kappa shape index (κ1) is 17.6. The van der Waals surface area contributed by atoms with Crippen LogP contribution in [0.15, 0.2) is 60.7 Å². The van der Waals surface area contributed by atoms with Gasteiger partial charge in [0.05, 0.1) is 6.42 Å². The summed E-state index contributed by atoms with van der Waals surface area (Å²) >= 11 is 0. The average molecular weight is 346 g/mol. The molecule has 26 heavy (non-hydrogen) atoms. The highest BCUT2D eigenvalue weighted by Crippen LogP contribution is 2.11. The van der Waals surface area contributed by atoms with Gasteiger partial charge in [-0.05, 0) is 42.7 Å². The Morgan fingerprint density at radius 3 is 2.27 bits per heavy atom. The molecular formula is C21H22N4O. The molecule has 1 amide bonds. The van der Waals surface area contributed by atoms with Crippen molar-refractivity contribution in [3.63, 3.8) is 0 Å². The number of rotatable bonds is 6. The predicted octanol–water partition coefficient (Wildman–Crippen LogP) is 3.89. The van der Waals surface area contributed by atoms with E-state index in [1.165, 1.54) is 11.1 Å². The Labute approximate surface area is 153 Å². The molecule has 1 aromatic heterocycles. The molecule has 3 aromatic rings. The van der Waals surface area contributed by atoms with E-state index in [0.717, 1.165) is 11.1 Å². The van der Waals surface area contributed by atoms with Crippen LogP contribution in [0, 0.1) is 13.8 Å². The average Bonchev–Trinajstić information content (AvgIpc) is 2.64. The zero-order valence-corrected chi connectivity index (χ0v) is 15.0. The number of nitrogens with one attached hydrogen (secondary N) is 2. The molecule has 0 unspecified atom stereocenters. The van der Waals surface area contributed by atoms with Gasteiger partial charge in [-0.25, -0.2) is 0 Å². The molecule has 0 aliphatic carbocycles. The lowest BCUT2D eigenvalue weighted by atomic mass is 10.1. The van der Waals surface area contributed by atoms with Crippen LogP contribution in [0.4, 0.5) is 11.6 Å². The molecular weight excluding hydrogens is 324 g/mol. The van der Waals surface area contributed by atoms with Crippen LogP contribution in [0.25, 0.3) is 0 Å². The van der Waals surface area contributed by atoms with E-state index in [0.29, 0.717) is 24.6 Å². The molecule has 1 heterocycles. The Morgan fingerprint density at radius 1 is 0.885 bits per heavy atom. The number of nitrogens with zero attached hydrogens (tertiary/aromatic N) is 2. The highest BCUT2D eigenvalue weighted by atomic mass is 16.1. The van der Waals surface area contributed by atoms with Crippen molar-refractivity contribution in [1.82, 2.24) is 10.2 Å². The number of aromatic nitrogens is 2. The fraction of sp³-hybridized carbons (Fsp3) is 0.190. The van der Waals surface area contributed by atoms with Gasteiger partial charge in [-0.3, -0.25) is 4.79 Å². The first-order valence-electron chi connectivity index (χ1n) is 8.57. The van der Waals surface area contributed by atoms with Gasteiger partial charge in [0.25, 0.3) is 0 Å². The van der Waals surface area contributed by atoms with Crippen LogP contribution in [-0.4, -0.2) is 16.1 Å². The van der Waals surface area contributed by atoms with Gasteiger partial charge in [0.1, 0.15) is 5.82 Å². The van der Waals surface area contributed by atoms with E-state index in [4.69, 9.17) is 0 Å². The maximum Gasteiger partial charge on any atom is 0.230 e. The fourth-order valence-electron chi connectivity index (χ4n) is 2.56. The molecule has 3 rings (SSSR count). The monoisotopic (exact) mass is 346 g/mol. The standard InChI is InChI=1S/C21H22N4O/c1-15-7-9-17(10-8-15)14-22-19-11-12-20(25-24-19)23-21(26)13-18-6-4-3-5-16(18)2/h3-12H,13-14H2,1-2H3,(H,22,24)(H,23,25,26). The number of carbonyl (C=O) groups is 1. The summed E-state index contributed by atoms with van der Waals surface area (Å²) in [5, 5.41) is 14.2. The summed E-state index contributed by atoms with van der Waals surface area (Å²) in [5.41, 5.74) is 4.52. The number of hydrogen-bond acceptors (Lipinski definition) is 4. The number of aryl methyl sites for hydroxylation is 2. The first-order valence-corrected chi connectivity index (χ1v) is 8.57. The SMILES string of the molecule is Cc1ccc(CNc2ccc(NC(=O)Cc3ccccc3C)nn2)cc1. The van der Waals surface area contributed by atoms with Gasteiger partial charge in [0.15, 0.2) is 5.82 Å². The maximum atomic E-state index is 12.2. The molecule has 2 aromatic carbocycles. The minimum absolute atomic E-state index is 0.103. The summed E-state index contributed by atoms with van der Waals surface area (Å²) in [6, 6.07) is 19.7. The Morgan fingerprint density at radius 2 is 1.58 bits per heavy atom. The summed E-state index contributed by atoms with van der Waals surface area (Å²) < 4.78 is 0. The number of benzene rings is 2. The molecule has 5 nitrogen and oxygen atoms in total. The molecule has 5 heteroatoms. The van der Waals surface area contributed by atoms with E-state index < -0.39 is 0 Å². The molecule has 132 valence electrons. The molecule has 0 aliphatic rings. The molecule has 0 spiro atoms. The highest BCUT2D eigenvalue weighted by Gasteiger charge is 2.07. The van der Waals surface area contributed by atoms with E-state index >= 15 is 0 Å². The van der Waals surface area contributed by atoms with Crippen molar-refractivity contribution < 1.29 is 4.79 Å². The number of hydrogen-bond donors (Lipinski definition) is 2. The molecule has 0 radical (unpaired) electrons. The minimum Gasteiger partial charge on any atom is -0.365 e. The second kappa shape index (κ2) is 8.25. The normalized spacial score (nSPS) is 10.4. The highest BCUT2D eigenvalue weighted by molar-refractivity contribution is 5.91. The van der Waals surface area contributed by atoms with Crippen LogP contribution < -0.4 is 10.6 Å². The molecule has 0 fully saturated rings. The van der Waals surface area contributed by atoms with Crippen LogP contribution in [0.1, 0.15) is 22.3 Å². The smallest absolute Gasteiger partial charge is 0.230 e. The second-order valence-electron chi connectivity index (χ2n) is 6.29. The number of anilines is 2. The topological polar surface area (TPSA) is 66.9 Å². The third-order valence-corrected chi connectivity index (χ3v) is 4.14. The van der Waals surface area contributed by atoms with E-state index in [9.17, 15) is 4.79 Å². The van der Waals surface area contributed by atoms with Gasteiger partial charge >= 0.3 is 0 Å². The lowest BCUT2D eigenvalue weighted by Gasteiger charge is -2.08. The van der Waals surface area contributed by atoms with Gasteiger partial charge in [0.2, 0.25) is 5.91 Å². The van der Waals surface area contributed by atoms with E-state index in [1.807, 2.05) is 37.3 Å². The summed E-state index contributed by atoms with van der Waals surface area (Å²) in [6.07, 6.45) is 0.321. The molecule has 0 aliphatic heterocycles. The van der Waals surface area contributed by atoms with Crippen LogP contribution in [0.2, 0.25) is 0 Å². The van der Waals surface area contributed by atoms with Crippen LogP contribution in [-0.2, 0) is 17.8 Å². The van der Waals surface area contributed by atoms with Crippen molar-refractivity contribution in [1.29, 1.82) is 0 Å². The van der Waals surface area contributed by atoms with Crippen molar-refractivity contribution in [2.45, 2.75) is 26.8 Å². The molecule has 0 saturated heterocycles. The lowest BCUT2D eigenvalue weighted by molar-refractivity contribution is -0.115. The molecule has 2 N–H and O–H groups in total. The van der Waals surface area contributed by atoms with Gasteiger partial charge in [0, 0.05) is 6.54 Å². The van der Waals surface area contributed by atoms with Gasteiger partial charge in [-0.1, -0.05) is 54.1 Å². The Hall–Kier alpha value is -3.21. The first-order chi connectivity index (χ1) is 12.6. The number of amides is 1. The van der Waals surface area contributed by atoms with E-state index in [-0.39, 0.29) is 5.91 Å². The third kappa shape index (κ3) is 4.89. The van der Waals surface area contributed by atoms with Gasteiger partial charge in [-0.2, -0.15) is 0 Å². The summed E-state index contributed by atoms with van der Waals surface area (Å²) in [6.45, 7) is 4.74. The molecule has 0 bridgehead atoms.